The Labute approximate surface area is 197 Å². The number of nitriles is 1. The summed E-state index contributed by atoms with van der Waals surface area (Å²) < 4.78 is 42.0. The highest BCUT2D eigenvalue weighted by Crippen LogP contribution is 2.54. The lowest BCUT2D eigenvalue weighted by molar-refractivity contribution is -0.154. The fourth-order valence-corrected chi connectivity index (χ4v) is 5.28. The van der Waals surface area contributed by atoms with Crippen LogP contribution in [0.15, 0.2) is 18.2 Å². The number of hydrogen-bond acceptors (Lipinski definition) is 5. The predicted octanol–water partition coefficient (Wildman–Crippen LogP) is 2.84. The number of Topliss-reactive ketones (excluding diaryl/α,β-unsaturated/α-hetero) is 1. The number of fused-ring (bicyclic) bond motifs is 3. The number of rotatable bonds is 6. The minimum atomic E-state index is -3.09. The molecule has 1 aliphatic heterocycles. The molecular weight excluding hydrogens is 465 g/mol. The van der Waals surface area contributed by atoms with Gasteiger partial charge in [-0.05, 0) is 49.4 Å². The van der Waals surface area contributed by atoms with Crippen molar-refractivity contribution in [1.29, 1.82) is 5.26 Å². The third-order valence-electron chi connectivity index (χ3n) is 6.95. The van der Waals surface area contributed by atoms with Crippen molar-refractivity contribution < 1.29 is 32.3 Å². The third-order valence-corrected chi connectivity index (χ3v) is 6.95. The van der Waals surface area contributed by atoms with Crippen molar-refractivity contribution in [3.8, 4) is 6.07 Å². The number of halogens is 3. The largest absolute Gasteiger partial charge is 0.336 e. The molecule has 1 aromatic heterocycles. The average molecular weight is 484 g/mol. The molecular formula is C24H19F3N4O4. The first-order valence-corrected chi connectivity index (χ1v) is 10.9. The van der Waals surface area contributed by atoms with Crippen molar-refractivity contribution in [1.82, 2.24) is 9.88 Å². The summed E-state index contributed by atoms with van der Waals surface area (Å²) in [7, 11) is 0. The van der Waals surface area contributed by atoms with Gasteiger partial charge in [0.25, 0.3) is 23.5 Å². The van der Waals surface area contributed by atoms with Crippen LogP contribution in [-0.2, 0) is 16.0 Å². The van der Waals surface area contributed by atoms with E-state index in [0.717, 1.165) is 12.5 Å². The highest BCUT2D eigenvalue weighted by molar-refractivity contribution is 6.44. The minimum Gasteiger partial charge on any atom is -0.336 e. The zero-order chi connectivity index (χ0) is 25.3. The Balaban J connectivity index is 1.45. The Morgan fingerprint density at radius 3 is 2.60 bits per heavy atom. The zero-order valence-corrected chi connectivity index (χ0v) is 18.5. The molecule has 2 aliphatic carbocycles. The van der Waals surface area contributed by atoms with Crippen LogP contribution < -0.4 is 10.6 Å². The molecule has 35 heavy (non-hydrogen) atoms. The third kappa shape index (κ3) is 3.60. The summed E-state index contributed by atoms with van der Waals surface area (Å²) in [5.74, 6) is -6.40. The fraction of sp³-hybridized carbons (Fsp3) is 0.375. The van der Waals surface area contributed by atoms with E-state index in [1.165, 1.54) is 19.1 Å². The highest BCUT2D eigenvalue weighted by Gasteiger charge is 2.58. The van der Waals surface area contributed by atoms with Gasteiger partial charge in [0.2, 0.25) is 0 Å². The molecule has 2 atom stereocenters. The van der Waals surface area contributed by atoms with Crippen molar-refractivity contribution in [2.45, 2.75) is 50.1 Å². The first-order valence-electron chi connectivity index (χ1n) is 10.9. The summed E-state index contributed by atoms with van der Waals surface area (Å²) in [6.45, 7) is 1.51. The van der Waals surface area contributed by atoms with Crippen LogP contribution in [0.5, 0.6) is 0 Å². The first-order chi connectivity index (χ1) is 16.5. The number of carbonyl (C=O) groups is 4. The van der Waals surface area contributed by atoms with Gasteiger partial charge in [-0.15, -0.1) is 0 Å². The second kappa shape index (κ2) is 7.53. The second-order valence-electron chi connectivity index (χ2n) is 9.46. The van der Waals surface area contributed by atoms with E-state index in [2.05, 4.69) is 10.6 Å². The van der Waals surface area contributed by atoms with Gasteiger partial charge in [-0.25, -0.2) is 13.2 Å². The van der Waals surface area contributed by atoms with Gasteiger partial charge in [-0.2, -0.15) is 5.26 Å². The van der Waals surface area contributed by atoms with E-state index in [9.17, 15) is 32.3 Å². The molecule has 0 saturated heterocycles. The molecule has 11 heteroatoms. The maximum absolute atomic E-state index is 13.6. The molecule has 0 bridgehead atoms. The molecule has 1 aromatic carbocycles. The number of ketones is 1. The Bertz CT molecular complexity index is 1370. The van der Waals surface area contributed by atoms with Gasteiger partial charge in [0.1, 0.15) is 29.4 Å². The number of benzene rings is 1. The molecule has 3 aliphatic rings. The van der Waals surface area contributed by atoms with E-state index >= 15 is 0 Å². The molecule has 2 unspecified atom stereocenters. The SMILES string of the molecule is Cc1c(C(=O)C(=O)NC2(C=O)CC(F)(F)C2)c2n(c1C(=O)Nc1ccc(F)c(C#N)c1)C1CC1C2. The van der Waals surface area contributed by atoms with Crippen LogP contribution in [0.1, 0.15) is 63.0 Å². The van der Waals surface area contributed by atoms with Gasteiger partial charge in [-0.1, -0.05) is 0 Å². The lowest BCUT2D eigenvalue weighted by atomic mass is 9.74. The molecule has 2 saturated carbocycles. The summed E-state index contributed by atoms with van der Waals surface area (Å²) in [4.78, 5) is 50.4. The zero-order valence-electron chi connectivity index (χ0n) is 18.5. The van der Waals surface area contributed by atoms with Crippen LogP contribution in [0.2, 0.25) is 0 Å². The maximum Gasteiger partial charge on any atom is 0.293 e. The smallest absolute Gasteiger partial charge is 0.293 e. The van der Waals surface area contributed by atoms with Crippen LogP contribution in [0.3, 0.4) is 0 Å². The summed E-state index contributed by atoms with van der Waals surface area (Å²) in [5, 5.41) is 13.8. The Hall–Kier alpha value is -3.94. The van der Waals surface area contributed by atoms with Crippen molar-refractivity contribution in [3.63, 3.8) is 0 Å². The van der Waals surface area contributed by atoms with Gasteiger partial charge in [0, 0.05) is 30.3 Å². The van der Waals surface area contributed by atoms with Gasteiger partial charge in [0.15, 0.2) is 0 Å². The molecule has 0 spiro atoms. The van der Waals surface area contributed by atoms with Crippen molar-refractivity contribution >= 4 is 29.6 Å². The standard InChI is InChI=1S/C24H19F3N4O4/c1-11-18(20(33)22(35)30-23(10-32)8-24(26,27)9-23)17-6-12-5-16(12)31(17)19(11)21(34)29-14-2-3-15(25)13(4-14)7-28/h2-4,10,12,16H,5-6,8-9H2,1H3,(H,29,34)(H,30,35). The van der Waals surface area contributed by atoms with E-state index in [4.69, 9.17) is 5.26 Å². The molecule has 0 radical (unpaired) electrons. The first kappa shape index (κ1) is 22.8. The topological polar surface area (TPSA) is 121 Å². The number of hydrogen-bond donors (Lipinski definition) is 2. The monoisotopic (exact) mass is 484 g/mol. The van der Waals surface area contributed by atoms with E-state index in [-0.39, 0.29) is 46.3 Å². The van der Waals surface area contributed by atoms with Crippen LogP contribution in [-0.4, -0.2) is 39.9 Å². The van der Waals surface area contributed by atoms with Crippen molar-refractivity contribution in [2.24, 2.45) is 5.92 Å². The summed E-state index contributed by atoms with van der Waals surface area (Å²) >= 11 is 0. The summed E-state index contributed by atoms with van der Waals surface area (Å²) in [6.07, 6.45) is -0.261. The number of nitrogens with one attached hydrogen (secondary N) is 2. The molecule has 2 amide bonds. The fourth-order valence-electron chi connectivity index (χ4n) is 5.28. The number of amides is 2. The number of nitrogens with zero attached hydrogens (tertiary/aromatic N) is 2. The summed E-state index contributed by atoms with van der Waals surface area (Å²) in [6, 6.07) is 5.21. The van der Waals surface area contributed by atoms with E-state index in [1.54, 1.807) is 10.6 Å². The van der Waals surface area contributed by atoms with E-state index < -0.39 is 47.7 Å². The lowest BCUT2D eigenvalue weighted by Gasteiger charge is -2.43. The number of alkyl halides is 2. The van der Waals surface area contributed by atoms with Gasteiger partial charge in [0.05, 0.1) is 11.1 Å². The molecule has 2 N–H and O–H groups in total. The summed E-state index contributed by atoms with van der Waals surface area (Å²) in [5.41, 5.74) is -0.947. The van der Waals surface area contributed by atoms with Crippen molar-refractivity contribution in [3.05, 3.63) is 52.1 Å². The van der Waals surface area contributed by atoms with Crippen LogP contribution in [0.25, 0.3) is 0 Å². The molecule has 8 nitrogen and oxygen atoms in total. The van der Waals surface area contributed by atoms with E-state index in [0.29, 0.717) is 12.1 Å². The van der Waals surface area contributed by atoms with Gasteiger partial charge < -0.3 is 20.0 Å². The number of anilines is 1. The normalized spacial score (nSPS) is 22.1. The number of aromatic nitrogens is 1. The van der Waals surface area contributed by atoms with Crippen LogP contribution >= 0.6 is 0 Å². The average Bonchev–Trinajstić information content (AvgIpc) is 3.36. The molecule has 2 heterocycles. The Morgan fingerprint density at radius 2 is 1.97 bits per heavy atom. The Kier molecular flexibility index (Phi) is 4.91. The maximum atomic E-state index is 13.6. The predicted molar refractivity (Wildman–Crippen MR) is 115 cm³/mol. The van der Waals surface area contributed by atoms with Crippen LogP contribution in [0.4, 0.5) is 18.9 Å². The van der Waals surface area contributed by atoms with Crippen molar-refractivity contribution in [2.75, 3.05) is 5.32 Å². The number of aldehydes is 1. The second-order valence-corrected chi connectivity index (χ2v) is 9.46. The van der Waals surface area contributed by atoms with Gasteiger partial charge >= 0.3 is 0 Å². The number of carbonyl (C=O) groups excluding carboxylic acids is 4. The van der Waals surface area contributed by atoms with Crippen LogP contribution in [0, 0.1) is 30.0 Å². The minimum absolute atomic E-state index is 0.0106. The lowest BCUT2D eigenvalue weighted by Crippen LogP contribution is -2.64. The Morgan fingerprint density at radius 1 is 1.26 bits per heavy atom. The quantitative estimate of drug-likeness (QED) is 0.371. The molecule has 180 valence electrons. The molecule has 2 aromatic rings. The molecule has 2 fully saturated rings. The van der Waals surface area contributed by atoms with Gasteiger partial charge in [-0.3, -0.25) is 14.4 Å². The highest BCUT2D eigenvalue weighted by atomic mass is 19.3. The van der Waals surface area contributed by atoms with E-state index in [1.807, 2.05) is 0 Å². The molecule has 5 rings (SSSR count).